The molecule has 2 aromatic heterocycles. The van der Waals surface area contributed by atoms with Crippen molar-refractivity contribution < 1.29 is 18.3 Å². The first-order valence-corrected chi connectivity index (χ1v) is 8.77. The maximum atomic E-state index is 12.4. The van der Waals surface area contributed by atoms with Crippen LogP contribution in [-0.2, 0) is 11.2 Å². The Morgan fingerprint density at radius 3 is 2.69 bits per heavy atom. The maximum absolute atomic E-state index is 12.4. The van der Waals surface area contributed by atoms with Crippen LogP contribution in [0.3, 0.4) is 0 Å². The van der Waals surface area contributed by atoms with Gasteiger partial charge < -0.3 is 15.0 Å². The molecule has 0 aliphatic rings. The van der Waals surface area contributed by atoms with Gasteiger partial charge in [0.2, 0.25) is 5.91 Å². The van der Waals surface area contributed by atoms with E-state index in [-0.39, 0.29) is 30.1 Å². The second-order valence-electron chi connectivity index (χ2n) is 6.17. The van der Waals surface area contributed by atoms with Crippen molar-refractivity contribution in [2.45, 2.75) is 26.4 Å². The molecule has 1 aromatic carbocycles. The van der Waals surface area contributed by atoms with Gasteiger partial charge in [-0.25, -0.2) is 4.98 Å². The van der Waals surface area contributed by atoms with E-state index < -0.39 is 6.61 Å². The van der Waals surface area contributed by atoms with Gasteiger partial charge in [0.05, 0.1) is 0 Å². The van der Waals surface area contributed by atoms with Gasteiger partial charge in [-0.2, -0.15) is 8.78 Å². The molecule has 0 saturated heterocycles. The molecule has 2 N–H and O–H groups in total. The minimum Gasteiger partial charge on any atom is -0.435 e. The lowest BCUT2D eigenvalue weighted by Crippen LogP contribution is -2.20. The van der Waals surface area contributed by atoms with Crippen LogP contribution < -0.4 is 15.6 Å². The zero-order valence-electron chi connectivity index (χ0n) is 15.5. The largest absolute Gasteiger partial charge is 0.435 e. The molecule has 1 amide bonds. The van der Waals surface area contributed by atoms with Crippen molar-refractivity contribution in [1.29, 1.82) is 0 Å². The van der Waals surface area contributed by atoms with E-state index in [9.17, 15) is 18.4 Å². The number of anilines is 1. The first kappa shape index (κ1) is 20.1. The number of alkyl halides is 2. The normalized spacial score (nSPS) is 10.8. The van der Waals surface area contributed by atoms with Gasteiger partial charge in [0.1, 0.15) is 11.6 Å². The number of hydrogen-bond donors (Lipinski definition) is 2. The summed E-state index contributed by atoms with van der Waals surface area (Å²) in [6.45, 7) is -1.24. The third-order valence-electron chi connectivity index (χ3n) is 4.12. The number of halogens is 2. The lowest BCUT2D eigenvalue weighted by molar-refractivity contribution is -0.116. The van der Waals surface area contributed by atoms with Crippen LogP contribution in [0.25, 0.3) is 11.4 Å². The molecule has 29 heavy (non-hydrogen) atoms. The van der Waals surface area contributed by atoms with Crippen LogP contribution in [0, 0.1) is 6.92 Å². The summed E-state index contributed by atoms with van der Waals surface area (Å²) in [7, 11) is 0. The summed E-state index contributed by atoms with van der Waals surface area (Å²) in [5, 5.41) is 2.60. The third kappa shape index (κ3) is 5.44. The second-order valence-corrected chi connectivity index (χ2v) is 6.17. The molecule has 150 valence electrons. The molecule has 0 fully saturated rings. The Morgan fingerprint density at radius 1 is 1.24 bits per heavy atom. The van der Waals surface area contributed by atoms with E-state index in [0.29, 0.717) is 22.8 Å². The zero-order valence-corrected chi connectivity index (χ0v) is 15.5. The molecule has 9 heteroatoms. The highest BCUT2D eigenvalue weighted by Gasteiger charge is 2.12. The molecule has 7 nitrogen and oxygen atoms in total. The second kappa shape index (κ2) is 9.05. The standard InChI is InChI=1S/C20H18F2N4O3/c1-12-16(19(28)26-18(24-12)13-7-9-23-10-8-13)5-6-17(27)25-14-3-2-4-15(11-14)29-20(21)22/h2-4,7-11,20H,5-6H2,1H3,(H,25,27)(H,24,26,28). The molecule has 3 aromatic rings. The molecule has 2 heterocycles. The van der Waals surface area contributed by atoms with E-state index in [4.69, 9.17) is 0 Å². The summed E-state index contributed by atoms with van der Waals surface area (Å²) in [4.78, 5) is 35.7. The fourth-order valence-electron chi connectivity index (χ4n) is 2.76. The summed E-state index contributed by atoms with van der Waals surface area (Å²) in [6, 6.07) is 9.17. The van der Waals surface area contributed by atoms with Crippen molar-refractivity contribution in [3.8, 4) is 17.1 Å². The van der Waals surface area contributed by atoms with Crippen LogP contribution in [0.15, 0.2) is 53.6 Å². The maximum Gasteiger partial charge on any atom is 0.387 e. The molecule has 3 rings (SSSR count). The van der Waals surface area contributed by atoms with E-state index in [1.807, 2.05) is 0 Å². The zero-order chi connectivity index (χ0) is 20.8. The summed E-state index contributed by atoms with van der Waals surface area (Å²) < 4.78 is 28.9. The topological polar surface area (TPSA) is 97.0 Å². The number of hydrogen-bond acceptors (Lipinski definition) is 5. The van der Waals surface area contributed by atoms with Crippen molar-refractivity contribution in [3.63, 3.8) is 0 Å². The first-order valence-electron chi connectivity index (χ1n) is 8.77. The Kier molecular flexibility index (Phi) is 6.28. The number of aromatic nitrogens is 3. The van der Waals surface area contributed by atoms with Crippen molar-refractivity contribution in [2.75, 3.05) is 5.32 Å². The fraction of sp³-hybridized carbons (Fsp3) is 0.200. The number of rotatable bonds is 7. The number of aryl methyl sites for hydroxylation is 1. The third-order valence-corrected chi connectivity index (χ3v) is 4.12. The Hall–Kier alpha value is -3.62. The molecule has 0 aliphatic carbocycles. The predicted molar refractivity (Wildman–Crippen MR) is 103 cm³/mol. The van der Waals surface area contributed by atoms with E-state index in [2.05, 4.69) is 25.0 Å². The van der Waals surface area contributed by atoms with Crippen molar-refractivity contribution >= 4 is 11.6 Å². The van der Waals surface area contributed by atoms with E-state index >= 15 is 0 Å². The number of carbonyl (C=O) groups excluding carboxylic acids is 1. The number of nitrogens with one attached hydrogen (secondary N) is 2. The van der Waals surface area contributed by atoms with Crippen LogP contribution in [0.1, 0.15) is 17.7 Å². The summed E-state index contributed by atoms with van der Waals surface area (Å²) >= 11 is 0. The fourth-order valence-corrected chi connectivity index (χ4v) is 2.76. The summed E-state index contributed by atoms with van der Waals surface area (Å²) in [6.07, 6.45) is 3.42. The molecule has 0 saturated carbocycles. The van der Waals surface area contributed by atoms with Crippen LogP contribution in [0.5, 0.6) is 5.75 Å². The van der Waals surface area contributed by atoms with Gasteiger partial charge in [-0.05, 0) is 37.6 Å². The monoisotopic (exact) mass is 400 g/mol. The lowest BCUT2D eigenvalue weighted by atomic mass is 10.1. The van der Waals surface area contributed by atoms with Crippen molar-refractivity contribution in [1.82, 2.24) is 15.0 Å². The summed E-state index contributed by atoms with van der Waals surface area (Å²) in [5.41, 5.74) is 1.68. The molecule has 0 atom stereocenters. The van der Waals surface area contributed by atoms with E-state index in [0.717, 1.165) is 5.56 Å². The Morgan fingerprint density at radius 2 is 2.00 bits per heavy atom. The van der Waals surface area contributed by atoms with Gasteiger partial charge in [-0.15, -0.1) is 0 Å². The van der Waals surface area contributed by atoms with Crippen LogP contribution in [0.2, 0.25) is 0 Å². The van der Waals surface area contributed by atoms with Crippen molar-refractivity contribution in [3.05, 3.63) is 70.4 Å². The highest BCUT2D eigenvalue weighted by atomic mass is 19.3. The Bertz CT molecular complexity index is 1060. The van der Waals surface area contributed by atoms with E-state index in [1.54, 1.807) is 37.5 Å². The van der Waals surface area contributed by atoms with E-state index in [1.165, 1.54) is 18.2 Å². The quantitative estimate of drug-likeness (QED) is 0.634. The predicted octanol–water partition coefficient (Wildman–Crippen LogP) is 3.31. The van der Waals surface area contributed by atoms with Gasteiger partial charge in [-0.1, -0.05) is 6.07 Å². The van der Waals surface area contributed by atoms with Crippen molar-refractivity contribution in [2.24, 2.45) is 0 Å². The molecule has 0 radical (unpaired) electrons. The average Bonchev–Trinajstić information content (AvgIpc) is 2.67. The lowest BCUT2D eigenvalue weighted by Gasteiger charge is -2.09. The number of carbonyl (C=O) groups is 1. The highest BCUT2D eigenvalue weighted by molar-refractivity contribution is 5.91. The Labute approximate surface area is 164 Å². The van der Waals surface area contributed by atoms with Crippen LogP contribution in [0.4, 0.5) is 14.5 Å². The molecule has 0 unspecified atom stereocenters. The number of ether oxygens (including phenoxy) is 1. The number of amides is 1. The number of H-pyrrole nitrogens is 1. The summed E-state index contributed by atoms with van der Waals surface area (Å²) in [5.74, 6) is 0.0103. The number of aromatic amines is 1. The number of nitrogens with zero attached hydrogens (tertiary/aromatic N) is 2. The van der Waals surface area contributed by atoms with Gasteiger partial charge in [-0.3, -0.25) is 14.6 Å². The average molecular weight is 400 g/mol. The molecule has 0 bridgehead atoms. The number of pyridine rings is 1. The highest BCUT2D eigenvalue weighted by Crippen LogP contribution is 2.20. The van der Waals surface area contributed by atoms with Gasteiger partial charge >= 0.3 is 6.61 Å². The van der Waals surface area contributed by atoms with Gasteiger partial charge in [0, 0.05) is 47.4 Å². The molecule has 0 aliphatic heterocycles. The van der Waals surface area contributed by atoms with Crippen LogP contribution in [-0.4, -0.2) is 27.5 Å². The Balaban J connectivity index is 1.65. The minimum absolute atomic E-state index is 0.0279. The first-order chi connectivity index (χ1) is 13.9. The van der Waals surface area contributed by atoms with Gasteiger partial charge in [0.15, 0.2) is 0 Å². The molecular formula is C20H18F2N4O3. The van der Waals surface area contributed by atoms with Gasteiger partial charge in [0.25, 0.3) is 5.56 Å². The number of benzene rings is 1. The smallest absolute Gasteiger partial charge is 0.387 e. The SMILES string of the molecule is Cc1nc(-c2ccncc2)[nH]c(=O)c1CCC(=O)Nc1cccc(OC(F)F)c1. The molecular weight excluding hydrogens is 382 g/mol. The van der Waals surface area contributed by atoms with Crippen LogP contribution >= 0.6 is 0 Å². The molecule has 0 spiro atoms. The minimum atomic E-state index is -2.95.